The predicted molar refractivity (Wildman–Crippen MR) is 110 cm³/mol. The number of hydrogen-bond acceptors (Lipinski definition) is 5. The van der Waals surface area contributed by atoms with E-state index in [0.717, 1.165) is 16.7 Å². The number of hydrogen-bond donors (Lipinski definition) is 1. The first kappa shape index (κ1) is 18.4. The van der Waals surface area contributed by atoms with Gasteiger partial charge >= 0.3 is 0 Å². The van der Waals surface area contributed by atoms with Crippen LogP contribution in [0.4, 0.5) is 5.69 Å². The van der Waals surface area contributed by atoms with Crippen molar-refractivity contribution in [2.24, 2.45) is 0 Å². The largest absolute Gasteiger partial charge is 0.483 e. The molecule has 4 aromatic rings. The van der Waals surface area contributed by atoms with Gasteiger partial charge in [0.15, 0.2) is 6.61 Å². The van der Waals surface area contributed by atoms with E-state index >= 15 is 0 Å². The SMILES string of the molecule is Cc1ccccc1OCC(=O)Nc1ccc(-c2nnc(-c3ccccc3)o2)cc1. The number of ether oxygens (including phenoxy) is 1. The van der Waals surface area contributed by atoms with Crippen LogP contribution in [0.1, 0.15) is 5.56 Å². The number of carbonyl (C=O) groups excluding carboxylic acids is 1. The van der Waals surface area contributed by atoms with Gasteiger partial charge in [0.1, 0.15) is 5.75 Å². The van der Waals surface area contributed by atoms with Gasteiger partial charge in [0.05, 0.1) is 0 Å². The summed E-state index contributed by atoms with van der Waals surface area (Å²) in [4.78, 5) is 12.1. The maximum absolute atomic E-state index is 12.1. The van der Waals surface area contributed by atoms with Crippen LogP contribution in [0.2, 0.25) is 0 Å². The number of aryl methyl sites for hydroxylation is 1. The highest BCUT2D eigenvalue weighted by Gasteiger charge is 2.11. The van der Waals surface area contributed by atoms with Crippen molar-refractivity contribution in [1.82, 2.24) is 10.2 Å². The van der Waals surface area contributed by atoms with Crippen molar-refractivity contribution < 1.29 is 13.9 Å². The van der Waals surface area contributed by atoms with Crippen molar-refractivity contribution >= 4 is 11.6 Å². The normalized spacial score (nSPS) is 10.5. The first-order valence-electron chi connectivity index (χ1n) is 9.17. The van der Waals surface area contributed by atoms with Gasteiger partial charge in [-0.05, 0) is 55.0 Å². The second-order valence-electron chi connectivity index (χ2n) is 6.46. The van der Waals surface area contributed by atoms with E-state index in [1.54, 1.807) is 12.1 Å². The van der Waals surface area contributed by atoms with Gasteiger partial charge in [0.25, 0.3) is 5.91 Å². The molecule has 0 bridgehead atoms. The van der Waals surface area contributed by atoms with Crippen molar-refractivity contribution in [3.63, 3.8) is 0 Å². The summed E-state index contributed by atoms with van der Waals surface area (Å²) in [6.07, 6.45) is 0. The number of nitrogens with zero attached hydrogens (tertiary/aromatic N) is 2. The van der Waals surface area contributed by atoms with Gasteiger partial charge in [-0.3, -0.25) is 4.79 Å². The lowest BCUT2D eigenvalue weighted by Gasteiger charge is -2.09. The van der Waals surface area contributed by atoms with Gasteiger partial charge in [-0.1, -0.05) is 36.4 Å². The first-order valence-corrected chi connectivity index (χ1v) is 9.17. The highest BCUT2D eigenvalue weighted by Crippen LogP contribution is 2.24. The second kappa shape index (κ2) is 8.39. The molecule has 0 aliphatic heterocycles. The highest BCUT2D eigenvalue weighted by molar-refractivity contribution is 5.92. The molecule has 4 rings (SSSR count). The molecule has 6 heteroatoms. The Morgan fingerprint density at radius 3 is 2.17 bits per heavy atom. The summed E-state index contributed by atoms with van der Waals surface area (Å²) in [5.74, 6) is 1.35. The van der Waals surface area contributed by atoms with Gasteiger partial charge in [-0.25, -0.2) is 0 Å². The minimum absolute atomic E-state index is 0.0588. The van der Waals surface area contributed by atoms with Crippen LogP contribution in [0.25, 0.3) is 22.9 Å². The molecule has 0 unspecified atom stereocenters. The van der Waals surface area contributed by atoms with Crippen molar-refractivity contribution in [3.8, 4) is 28.7 Å². The summed E-state index contributed by atoms with van der Waals surface area (Å²) in [5.41, 5.74) is 3.28. The van der Waals surface area contributed by atoms with Crippen LogP contribution in [-0.4, -0.2) is 22.7 Å². The average Bonchev–Trinajstić information content (AvgIpc) is 3.25. The molecule has 144 valence electrons. The molecular weight excluding hydrogens is 366 g/mol. The molecule has 0 aliphatic carbocycles. The number of aromatic nitrogens is 2. The van der Waals surface area contributed by atoms with E-state index in [1.165, 1.54) is 0 Å². The van der Waals surface area contributed by atoms with Gasteiger partial charge in [-0.2, -0.15) is 0 Å². The number of carbonyl (C=O) groups is 1. The Bertz CT molecular complexity index is 1110. The maximum Gasteiger partial charge on any atom is 0.262 e. The summed E-state index contributed by atoms with van der Waals surface area (Å²) < 4.78 is 11.3. The van der Waals surface area contributed by atoms with E-state index in [0.29, 0.717) is 23.2 Å². The van der Waals surface area contributed by atoms with Crippen LogP contribution >= 0.6 is 0 Å². The molecule has 0 saturated heterocycles. The van der Waals surface area contributed by atoms with Crippen LogP contribution < -0.4 is 10.1 Å². The Hall–Kier alpha value is -3.93. The zero-order chi connectivity index (χ0) is 20.1. The molecule has 0 atom stereocenters. The van der Waals surface area contributed by atoms with Crippen LogP contribution in [0.5, 0.6) is 5.75 Å². The quantitative estimate of drug-likeness (QED) is 0.519. The van der Waals surface area contributed by atoms with Crippen molar-refractivity contribution in [1.29, 1.82) is 0 Å². The molecule has 0 fully saturated rings. The molecule has 29 heavy (non-hydrogen) atoms. The number of benzene rings is 3. The molecule has 1 heterocycles. The number of amides is 1. The summed E-state index contributed by atoms with van der Waals surface area (Å²) in [7, 11) is 0. The topological polar surface area (TPSA) is 77.2 Å². The van der Waals surface area contributed by atoms with Gasteiger partial charge in [-0.15, -0.1) is 10.2 Å². The minimum atomic E-state index is -0.231. The first-order chi connectivity index (χ1) is 14.2. The van der Waals surface area contributed by atoms with E-state index in [2.05, 4.69) is 15.5 Å². The van der Waals surface area contributed by atoms with Crippen molar-refractivity contribution in [2.45, 2.75) is 6.92 Å². The monoisotopic (exact) mass is 385 g/mol. The lowest BCUT2D eigenvalue weighted by Crippen LogP contribution is -2.20. The van der Waals surface area contributed by atoms with Crippen molar-refractivity contribution in [3.05, 3.63) is 84.4 Å². The molecule has 0 radical (unpaired) electrons. The zero-order valence-corrected chi connectivity index (χ0v) is 15.8. The second-order valence-corrected chi connectivity index (χ2v) is 6.46. The van der Waals surface area contributed by atoms with Gasteiger partial charge in [0, 0.05) is 16.8 Å². The van der Waals surface area contributed by atoms with Crippen LogP contribution in [-0.2, 0) is 4.79 Å². The average molecular weight is 385 g/mol. The molecule has 3 aromatic carbocycles. The third-order valence-electron chi connectivity index (χ3n) is 4.31. The fraction of sp³-hybridized carbons (Fsp3) is 0.0870. The van der Waals surface area contributed by atoms with Gasteiger partial charge in [0.2, 0.25) is 11.8 Å². The fourth-order valence-corrected chi connectivity index (χ4v) is 2.79. The van der Waals surface area contributed by atoms with Crippen LogP contribution in [0.15, 0.2) is 83.3 Å². The van der Waals surface area contributed by atoms with Crippen LogP contribution in [0.3, 0.4) is 0 Å². The van der Waals surface area contributed by atoms with E-state index in [-0.39, 0.29) is 12.5 Å². The molecule has 0 aliphatic rings. The van der Waals surface area contributed by atoms with E-state index < -0.39 is 0 Å². The zero-order valence-electron chi connectivity index (χ0n) is 15.8. The van der Waals surface area contributed by atoms with E-state index in [1.807, 2.05) is 73.7 Å². The number of rotatable bonds is 6. The number of nitrogens with one attached hydrogen (secondary N) is 1. The Morgan fingerprint density at radius 1 is 0.862 bits per heavy atom. The lowest BCUT2D eigenvalue weighted by molar-refractivity contribution is -0.118. The van der Waals surface area contributed by atoms with E-state index in [9.17, 15) is 4.79 Å². The molecular formula is C23H19N3O3. The number of para-hydroxylation sites is 1. The summed E-state index contributed by atoms with van der Waals surface area (Å²) >= 11 is 0. The summed E-state index contributed by atoms with van der Waals surface area (Å²) in [5, 5.41) is 11.0. The van der Waals surface area contributed by atoms with Gasteiger partial charge < -0.3 is 14.5 Å². The highest BCUT2D eigenvalue weighted by atomic mass is 16.5. The summed E-state index contributed by atoms with van der Waals surface area (Å²) in [6.45, 7) is 1.88. The molecule has 0 saturated carbocycles. The molecule has 0 spiro atoms. The van der Waals surface area contributed by atoms with Crippen LogP contribution in [0, 0.1) is 6.92 Å². The maximum atomic E-state index is 12.1. The molecule has 6 nitrogen and oxygen atoms in total. The third kappa shape index (κ3) is 4.50. The fourth-order valence-electron chi connectivity index (χ4n) is 2.79. The Kier molecular flexibility index (Phi) is 5.33. The number of anilines is 1. The molecule has 1 amide bonds. The third-order valence-corrected chi connectivity index (χ3v) is 4.31. The minimum Gasteiger partial charge on any atom is -0.483 e. The van der Waals surface area contributed by atoms with E-state index in [4.69, 9.17) is 9.15 Å². The van der Waals surface area contributed by atoms with Crippen molar-refractivity contribution in [2.75, 3.05) is 11.9 Å². The Labute approximate surface area is 168 Å². The lowest BCUT2D eigenvalue weighted by atomic mass is 10.2. The standard InChI is InChI=1S/C23H19N3O3/c1-16-7-5-6-10-20(16)28-15-21(27)24-19-13-11-18(12-14-19)23-26-25-22(29-23)17-8-3-2-4-9-17/h2-14H,15H2,1H3,(H,24,27). The predicted octanol–water partition coefficient (Wildman–Crippen LogP) is 4.73. The summed E-state index contributed by atoms with van der Waals surface area (Å²) in [6, 6.07) is 24.4. The Morgan fingerprint density at radius 2 is 1.48 bits per heavy atom. The Balaban J connectivity index is 1.37. The molecule has 1 aromatic heterocycles. The smallest absolute Gasteiger partial charge is 0.262 e. The molecule has 1 N–H and O–H groups in total.